The van der Waals surface area contributed by atoms with Crippen LogP contribution >= 0.6 is 0 Å². The number of amides is 1. The molecule has 0 aliphatic carbocycles. The molecule has 5 rings (SSSR count). The van der Waals surface area contributed by atoms with Crippen LogP contribution in [0.4, 0.5) is 5.69 Å². The largest absolute Gasteiger partial charge is 0.497 e. The molecule has 2 aliphatic heterocycles. The van der Waals surface area contributed by atoms with E-state index >= 15 is 0 Å². The number of benzene rings is 2. The Labute approximate surface area is 187 Å². The zero-order valence-electron chi connectivity index (χ0n) is 18.2. The van der Waals surface area contributed by atoms with Gasteiger partial charge >= 0.3 is 0 Å². The van der Waals surface area contributed by atoms with Crippen molar-refractivity contribution in [1.29, 1.82) is 0 Å². The zero-order chi connectivity index (χ0) is 22.2. The first kappa shape index (κ1) is 20.5. The first-order chi connectivity index (χ1) is 15.6. The fraction of sp³-hybridized carbons (Fsp3) is 0.320. The molecule has 1 fully saturated rings. The van der Waals surface area contributed by atoms with Crippen molar-refractivity contribution in [3.8, 4) is 16.9 Å². The van der Waals surface area contributed by atoms with E-state index in [1.807, 2.05) is 30.1 Å². The number of anilines is 1. The zero-order valence-corrected chi connectivity index (χ0v) is 18.2. The summed E-state index contributed by atoms with van der Waals surface area (Å²) in [5.41, 5.74) is 4.60. The Balaban J connectivity index is 1.60. The van der Waals surface area contributed by atoms with Crippen LogP contribution in [0.3, 0.4) is 0 Å². The summed E-state index contributed by atoms with van der Waals surface area (Å²) in [5, 5.41) is 10.2. The van der Waals surface area contributed by atoms with Crippen LogP contribution < -0.4 is 9.64 Å². The van der Waals surface area contributed by atoms with E-state index in [1.54, 1.807) is 19.5 Å². The summed E-state index contributed by atoms with van der Waals surface area (Å²) >= 11 is 0. The van der Waals surface area contributed by atoms with Crippen molar-refractivity contribution >= 4 is 11.6 Å². The van der Waals surface area contributed by atoms with Gasteiger partial charge in [-0.3, -0.25) is 9.78 Å². The lowest BCUT2D eigenvalue weighted by atomic mass is 9.81. The molecule has 7 nitrogen and oxygen atoms in total. The quantitative estimate of drug-likeness (QED) is 0.685. The van der Waals surface area contributed by atoms with E-state index in [0.717, 1.165) is 34.5 Å². The Bertz CT molecular complexity index is 1140. The molecule has 3 aromatic rings. The topological polar surface area (TPSA) is 78.8 Å². The second kappa shape index (κ2) is 8.24. The minimum atomic E-state index is -0.126. The summed E-state index contributed by atoms with van der Waals surface area (Å²) in [5.74, 6) is 0.819. The minimum absolute atomic E-state index is 0.0436. The second-order valence-corrected chi connectivity index (χ2v) is 8.35. The fourth-order valence-corrected chi connectivity index (χ4v) is 5.22. The van der Waals surface area contributed by atoms with E-state index < -0.39 is 0 Å². The molecule has 2 aromatic carbocycles. The SMILES string of the molecule is COc1cccc(-c2ccc3c(c2)[C@@H]2[C@@H](CCN2C(=O)c2cnccn2)[C@H](CO)N3C)c1. The van der Waals surface area contributed by atoms with Gasteiger partial charge in [0.25, 0.3) is 5.91 Å². The van der Waals surface area contributed by atoms with Crippen LogP contribution in [-0.4, -0.2) is 59.2 Å². The molecule has 1 aromatic heterocycles. The number of fused-ring (bicyclic) bond motifs is 3. The highest BCUT2D eigenvalue weighted by molar-refractivity contribution is 5.93. The van der Waals surface area contributed by atoms with Crippen LogP contribution in [0.2, 0.25) is 0 Å². The van der Waals surface area contributed by atoms with Gasteiger partial charge in [0.1, 0.15) is 11.4 Å². The minimum Gasteiger partial charge on any atom is -0.497 e. The first-order valence-corrected chi connectivity index (χ1v) is 10.8. The number of hydrogen-bond donors (Lipinski definition) is 1. The standard InChI is InChI=1S/C25H26N4O3/c1-28-22-7-6-17(16-4-3-5-18(12-16)32-2)13-20(22)24-19(23(28)15-30)8-11-29(24)25(31)21-14-26-9-10-27-21/h3-7,9-10,12-14,19,23-24,30H,8,11,15H2,1-2H3/t19-,23-,24-/m0/s1. The average Bonchev–Trinajstić information content (AvgIpc) is 3.29. The van der Waals surface area contributed by atoms with Crippen LogP contribution in [0.1, 0.15) is 28.5 Å². The number of methoxy groups -OCH3 is 1. The molecule has 0 bridgehead atoms. The van der Waals surface area contributed by atoms with Gasteiger partial charge in [-0.25, -0.2) is 4.98 Å². The molecule has 32 heavy (non-hydrogen) atoms. The molecule has 0 saturated carbocycles. The van der Waals surface area contributed by atoms with Crippen molar-refractivity contribution in [2.45, 2.75) is 18.5 Å². The van der Waals surface area contributed by atoms with Crippen LogP contribution in [0.5, 0.6) is 5.75 Å². The summed E-state index contributed by atoms with van der Waals surface area (Å²) < 4.78 is 5.40. The molecule has 164 valence electrons. The average molecular weight is 431 g/mol. The number of nitrogens with zero attached hydrogens (tertiary/aromatic N) is 4. The van der Waals surface area contributed by atoms with Gasteiger partial charge in [-0.2, -0.15) is 0 Å². The van der Waals surface area contributed by atoms with Crippen molar-refractivity contribution < 1.29 is 14.6 Å². The van der Waals surface area contributed by atoms with E-state index in [4.69, 9.17) is 4.74 Å². The summed E-state index contributed by atoms with van der Waals surface area (Å²) in [6.07, 6.45) is 5.45. The molecule has 0 unspecified atom stereocenters. The fourth-order valence-electron chi connectivity index (χ4n) is 5.22. The van der Waals surface area contributed by atoms with Gasteiger partial charge < -0.3 is 19.6 Å². The van der Waals surface area contributed by atoms with E-state index in [1.165, 1.54) is 6.20 Å². The van der Waals surface area contributed by atoms with Gasteiger partial charge in [0, 0.05) is 37.6 Å². The molecule has 7 heteroatoms. The number of carbonyl (C=O) groups is 1. The Kier molecular flexibility index (Phi) is 5.27. The third-order valence-corrected chi connectivity index (χ3v) is 6.80. The maximum Gasteiger partial charge on any atom is 0.274 e. The number of aromatic nitrogens is 2. The van der Waals surface area contributed by atoms with Gasteiger partial charge in [-0.1, -0.05) is 18.2 Å². The van der Waals surface area contributed by atoms with Crippen LogP contribution in [-0.2, 0) is 0 Å². The number of likely N-dealkylation sites (N-methyl/N-ethyl adjacent to an activating group) is 1. The third kappa shape index (κ3) is 3.29. The van der Waals surface area contributed by atoms with Gasteiger partial charge in [-0.15, -0.1) is 0 Å². The molecule has 1 amide bonds. The van der Waals surface area contributed by atoms with E-state index in [0.29, 0.717) is 12.2 Å². The molecule has 2 aliphatic rings. The Hall–Kier alpha value is -3.45. The molecular weight excluding hydrogens is 404 g/mol. The number of likely N-dealkylation sites (tertiary alicyclic amines) is 1. The van der Waals surface area contributed by atoms with Crippen molar-refractivity contribution in [1.82, 2.24) is 14.9 Å². The predicted octanol–water partition coefficient (Wildman–Crippen LogP) is 3.17. The van der Waals surface area contributed by atoms with Crippen LogP contribution in [0.25, 0.3) is 11.1 Å². The lowest BCUT2D eigenvalue weighted by molar-refractivity contribution is 0.0687. The van der Waals surface area contributed by atoms with Gasteiger partial charge in [0.15, 0.2) is 0 Å². The van der Waals surface area contributed by atoms with Crippen molar-refractivity contribution in [2.75, 3.05) is 32.2 Å². The van der Waals surface area contributed by atoms with E-state index in [9.17, 15) is 9.90 Å². The molecule has 1 N–H and O–H groups in total. The number of aliphatic hydroxyl groups is 1. The van der Waals surface area contributed by atoms with Crippen molar-refractivity contribution in [2.24, 2.45) is 5.92 Å². The van der Waals surface area contributed by atoms with Crippen LogP contribution in [0.15, 0.2) is 61.1 Å². The molecule has 0 radical (unpaired) electrons. The normalized spacial score (nSPS) is 21.8. The number of aliphatic hydroxyl groups excluding tert-OH is 1. The molecule has 3 heterocycles. The summed E-state index contributed by atoms with van der Waals surface area (Å²) in [6.45, 7) is 0.666. The van der Waals surface area contributed by atoms with Gasteiger partial charge in [0.05, 0.1) is 32.0 Å². The van der Waals surface area contributed by atoms with Gasteiger partial charge in [0.2, 0.25) is 0 Å². The highest BCUT2D eigenvalue weighted by atomic mass is 16.5. The lowest BCUT2D eigenvalue weighted by Crippen LogP contribution is -2.48. The maximum absolute atomic E-state index is 13.4. The van der Waals surface area contributed by atoms with Crippen molar-refractivity contribution in [3.63, 3.8) is 0 Å². The monoisotopic (exact) mass is 430 g/mol. The van der Waals surface area contributed by atoms with Crippen molar-refractivity contribution in [3.05, 3.63) is 72.3 Å². The smallest absolute Gasteiger partial charge is 0.274 e. The van der Waals surface area contributed by atoms with Crippen LogP contribution in [0, 0.1) is 5.92 Å². The Morgan fingerprint density at radius 3 is 2.78 bits per heavy atom. The lowest BCUT2D eigenvalue weighted by Gasteiger charge is -2.44. The van der Waals surface area contributed by atoms with Gasteiger partial charge in [-0.05, 0) is 47.4 Å². The molecule has 3 atom stereocenters. The summed E-state index contributed by atoms with van der Waals surface area (Å²) in [4.78, 5) is 25.7. The third-order valence-electron chi connectivity index (χ3n) is 6.80. The predicted molar refractivity (Wildman–Crippen MR) is 122 cm³/mol. The highest BCUT2D eigenvalue weighted by Gasteiger charge is 2.48. The molecular formula is C25H26N4O3. The first-order valence-electron chi connectivity index (χ1n) is 10.8. The maximum atomic E-state index is 13.4. The molecule has 0 spiro atoms. The molecule has 1 saturated heterocycles. The number of hydrogen-bond acceptors (Lipinski definition) is 6. The van der Waals surface area contributed by atoms with E-state index in [-0.39, 0.29) is 30.5 Å². The number of ether oxygens (including phenoxy) is 1. The Morgan fingerprint density at radius 2 is 2.03 bits per heavy atom. The number of carbonyl (C=O) groups excluding carboxylic acids is 1. The van der Waals surface area contributed by atoms with E-state index in [2.05, 4.69) is 39.1 Å². The highest BCUT2D eigenvalue weighted by Crippen LogP contribution is 2.49. The Morgan fingerprint density at radius 1 is 1.19 bits per heavy atom. The summed E-state index contributed by atoms with van der Waals surface area (Å²) in [7, 11) is 3.68. The second-order valence-electron chi connectivity index (χ2n) is 8.35. The number of rotatable bonds is 4. The summed E-state index contributed by atoms with van der Waals surface area (Å²) in [6, 6.07) is 14.2.